The molecule has 0 radical (unpaired) electrons. The Morgan fingerprint density at radius 2 is 1.58 bits per heavy atom. The summed E-state index contributed by atoms with van der Waals surface area (Å²) < 4.78 is 0. The lowest BCUT2D eigenvalue weighted by atomic mass is 9.88. The van der Waals surface area contributed by atoms with Gasteiger partial charge in [-0.2, -0.15) is 0 Å². The van der Waals surface area contributed by atoms with Gasteiger partial charge in [0.2, 0.25) is 5.91 Å². The number of rotatable bonds is 6. The maximum absolute atomic E-state index is 12.1. The maximum atomic E-state index is 12.1. The van der Waals surface area contributed by atoms with E-state index in [9.17, 15) is 4.79 Å². The number of amides is 1. The quantitative estimate of drug-likeness (QED) is 0.855. The van der Waals surface area contributed by atoms with Crippen molar-refractivity contribution in [2.24, 2.45) is 0 Å². The summed E-state index contributed by atoms with van der Waals surface area (Å²) in [6, 6.07) is 21.2. The van der Waals surface area contributed by atoms with Crippen molar-refractivity contribution in [3.8, 4) is 0 Å². The number of benzene rings is 2. The van der Waals surface area contributed by atoms with Crippen LogP contribution in [0.25, 0.3) is 0 Å². The second-order valence-corrected chi connectivity index (χ2v) is 6.46. The van der Waals surface area contributed by atoms with Gasteiger partial charge in [-0.05, 0) is 43.4 Å². The van der Waals surface area contributed by atoms with Gasteiger partial charge in [0, 0.05) is 12.5 Å². The Balaban J connectivity index is 1.65. The molecule has 1 aliphatic rings. The first kappa shape index (κ1) is 16.7. The first-order valence-corrected chi connectivity index (χ1v) is 8.95. The molecule has 0 aromatic heterocycles. The SMILES string of the molecule is O=C1NCCCCC1NCCC(c1ccccc1)c1ccccc1. The molecule has 126 valence electrons. The largest absolute Gasteiger partial charge is 0.355 e. The highest BCUT2D eigenvalue weighted by Crippen LogP contribution is 2.27. The van der Waals surface area contributed by atoms with Crippen LogP contribution in [0.4, 0.5) is 0 Å². The van der Waals surface area contributed by atoms with Gasteiger partial charge in [-0.25, -0.2) is 0 Å². The molecule has 1 heterocycles. The fourth-order valence-corrected chi connectivity index (χ4v) is 3.43. The molecule has 1 aliphatic heterocycles. The van der Waals surface area contributed by atoms with Gasteiger partial charge >= 0.3 is 0 Å². The average Bonchev–Trinajstić information content (AvgIpc) is 2.84. The molecule has 0 spiro atoms. The van der Waals surface area contributed by atoms with Crippen LogP contribution in [0.3, 0.4) is 0 Å². The molecule has 3 rings (SSSR count). The highest BCUT2D eigenvalue weighted by atomic mass is 16.2. The second-order valence-electron chi connectivity index (χ2n) is 6.46. The number of carbonyl (C=O) groups is 1. The lowest BCUT2D eigenvalue weighted by molar-refractivity contribution is -0.122. The highest BCUT2D eigenvalue weighted by Gasteiger charge is 2.20. The van der Waals surface area contributed by atoms with Gasteiger partial charge in [-0.15, -0.1) is 0 Å². The van der Waals surface area contributed by atoms with E-state index in [1.807, 2.05) is 0 Å². The number of hydrogen-bond donors (Lipinski definition) is 2. The number of carbonyl (C=O) groups excluding carboxylic acids is 1. The molecule has 2 aromatic carbocycles. The molecule has 1 fully saturated rings. The predicted molar refractivity (Wildman–Crippen MR) is 98.0 cm³/mol. The minimum absolute atomic E-state index is 0.0419. The number of nitrogens with one attached hydrogen (secondary N) is 2. The number of hydrogen-bond acceptors (Lipinski definition) is 2. The minimum atomic E-state index is -0.0419. The van der Waals surface area contributed by atoms with Crippen LogP contribution in [0.1, 0.15) is 42.7 Å². The Bertz CT molecular complexity index is 587. The molecule has 0 bridgehead atoms. The lowest BCUT2D eigenvalue weighted by Crippen LogP contribution is -2.43. The van der Waals surface area contributed by atoms with Gasteiger partial charge in [0.05, 0.1) is 6.04 Å². The van der Waals surface area contributed by atoms with Crippen molar-refractivity contribution in [3.63, 3.8) is 0 Å². The molecule has 2 aromatic rings. The van der Waals surface area contributed by atoms with Gasteiger partial charge in [0.15, 0.2) is 0 Å². The lowest BCUT2D eigenvalue weighted by Gasteiger charge is -2.21. The van der Waals surface area contributed by atoms with E-state index in [1.54, 1.807) is 0 Å². The zero-order chi connectivity index (χ0) is 16.6. The van der Waals surface area contributed by atoms with Crippen LogP contribution in [0, 0.1) is 0 Å². The summed E-state index contributed by atoms with van der Waals surface area (Å²) in [7, 11) is 0. The van der Waals surface area contributed by atoms with Crippen molar-refractivity contribution in [3.05, 3.63) is 71.8 Å². The summed E-state index contributed by atoms with van der Waals surface area (Å²) in [5.41, 5.74) is 2.66. The summed E-state index contributed by atoms with van der Waals surface area (Å²) >= 11 is 0. The van der Waals surface area contributed by atoms with Crippen LogP contribution in [0.5, 0.6) is 0 Å². The summed E-state index contributed by atoms with van der Waals surface area (Å²) in [6.07, 6.45) is 4.11. The third kappa shape index (κ3) is 4.45. The van der Waals surface area contributed by atoms with Gasteiger partial charge in [-0.3, -0.25) is 4.79 Å². The summed E-state index contributed by atoms with van der Waals surface area (Å²) in [5.74, 6) is 0.511. The van der Waals surface area contributed by atoms with Crippen LogP contribution in [0.2, 0.25) is 0 Å². The van der Waals surface area contributed by atoms with Crippen molar-refractivity contribution in [1.29, 1.82) is 0 Å². The fraction of sp³-hybridized carbons (Fsp3) is 0.381. The third-order valence-corrected chi connectivity index (χ3v) is 4.76. The van der Waals surface area contributed by atoms with Gasteiger partial charge in [0.1, 0.15) is 0 Å². The fourth-order valence-electron chi connectivity index (χ4n) is 3.43. The van der Waals surface area contributed by atoms with E-state index in [0.29, 0.717) is 5.92 Å². The van der Waals surface area contributed by atoms with E-state index in [2.05, 4.69) is 71.3 Å². The molecule has 1 amide bonds. The molecule has 2 N–H and O–H groups in total. The molecule has 24 heavy (non-hydrogen) atoms. The first-order valence-electron chi connectivity index (χ1n) is 8.95. The molecular formula is C21H26N2O. The van der Waals surface area contributed by atoms with Crippen LogP contribution in [-0.4, -0.2) is 25.0 Å². The Hall–Kier alpha value is -2.13. The van der Waals surface area contributed by atoms with Crippen molar-refractivity contribution in [2.45, 2.75) is 37.6 Å². The Kier molecular flexibility index (Phi) is 6.02. The van der Waals surface area contributed by atoms with Crippen LogP contribution < -0.4 is 10.6 Å². The summed E-state index contributed by atoms with van der Waals surface area (Å²) in [5, 5.41) is 6.46. The summed E-state index contributed by atoms with van der Waals surface area (Å²) in [4.78, 5) is 12.1. The second kappa shape index (κ2) is 8.65. The van der Waals surface area contributed by atoms with E-state index in [0.717, 1.165) is 38.8 Å². The Labute approximate surface area is 144 Å². The molecule has 3 nitrogen and oxygen atoms in total. The topological polar surface area (TPSA) is 41.1 Å². The first-order chi connectivity index (χ1) is 11.8. The van der Waals surface area contributed by atoms with Crippen molar-refractivity contribution >= 4 is 5.91 Å². The van der Waals surface area contributed by atoms with Gasteiger partial charge in [-0.1, -0.05) is 60.7 Å². The van der Waals surface area contributed by atoms with Crippen LogP contribution in [0.15, 0.2) is 60.7 Å². The van der Waals surface area contributed by atoms with E-state index in [1.165, 1.54) is 11.1 Å². The van der Waals surface area contributed by atoms with Crippen LogP contribution >= 0.6 is 0 Å². The molecule has 1 unspecified atom stereocenters. The minimum Gasteiger partial charge on any atom is -0.355 e. The smallest absolute Gasteiger partial charge is 0.237 e. The van der Waals surface area contributed by atoms with Crippen LogP contribution in [-0.2, 0) is 4.79 Å². The third-order valence-electron chi connectivity index (χ3n) is 4.76. The molecule has 3 heteroatoms. The average molecular weight is 322 g/mol. The molecule has 0 aliphatic carbocycles. The molecule has 1 saturated heterocycles. The Morgan fingerprint density at radius 3 is 2.21 bits per heavy atom. The van der Waals surface area contributed by atoms with E-state index in [-0.39, 0.29) is 11.9 Å². The van der Waals surface area contributed by atoms with Crippen molar-refractivity contribution < 1.29 is 4.79 Å². The standard InChI is InChI=1S/C21H26N2O/c24-21-20(13-7-8-15-23-21)22-16-14-19(17-9-3-1-4-10-17)18-11-5-2-6-12-18/h1-6,9-12,19-20,22H,7-8,13-16H2,(H,23,24). The zero-order valence-electron chi connectivity index (χ0n) is 14.1. The van der Waals surface area contributed by atoms with Crippen molar-refractivity contribution in [1.82, 2.24) is 10.6 Å². The molecule has 1 atom stereocenters. The van der Waals surface area contributed by atoms with E-state index in [4.69, 9.17) is 0 Å². The monoisotopic (exact) mass is 322 g/mol. The normalized spacial score (nSPS) is 18.2. The highest BCUT2D eigenvalue weighted by molar-refractivity contribution is 5.81. The zero-order valence-corrected chi connectivity index (χ0v) is 14.1. The summed E-state index contributed by atoms with van der Waals surface area (Å²) in [6.45, 7) is 1.65. The Morgan fingerprint density at radius 1 is 0.958 bits per heavy atom. The van der Waals surface area contributed by atoms with E-state index >= 15 is 0 Å². The van der Waals surface area contributed by atoms with E-state index < -0.39 is 0 Å². The predicted octanol–water partition coefficient (Wildman–Crippen LogP) is 3.47. The van der Waals surface area contributed by atoms with Gasteiger partial charge < -0.3 is 10.6 Å². The van der Waals surface area contributed by atoms with Crippen molar-refractivity contribution in [2.75, 3.05) is 13.1 Å². The molecule has 0 saturated carbocycles. The van der Waals surface area contributed by atoms with Gasteiger partial charge in [0.25, 0.3) is 0 Å². The maximum Gasteiger partial charge on any atom is 0.237 e. The molecular weight excluding hydrogens is 296 g/mol.